The Morgan fingerprint density at radius 1 is 0.0952 bits per heavy atom. The Kier molecular flexibility index (Phi) is 13.8. The topological polar surface area (TPSA) is 156 Å². The normalized spacial score (nSPS) is 11.1. The van der Waals surface area contributed by atoms with Crippen LogP contribution < -0.4 is 34.4 Å². The predicted molar refractivity (Wildman–Crippen MR) is 358 cm³/mol. The molecule has 402 valence electrons. The smallest absolute Gasteiger partial charge is 0.0314 e. The van der Waals surface area contributed by atoms with Crippen LogP contribution in [0.25, 0.3) is 134 Å². The van der Waals surface area contributed by atoms with Crippen molar-refractivity contribution in [1.29, 1.82) is 0 Å². The molecule has 6 heteroatoms. The van der Waals surface area contributed by atoms with Crippen molar-refractivity contribution >= 4 is 34.1 Å². The zero-order valence-electron chi connectivity index (χ0n) is 46.2. The Morgan fingerprint density at radius 2 is 0.167 bits per heavy atom. The molecule has 13 aromatic carbocycles. The Labute approximate surface area is 490 Å². The van der Waals surface area contributed by atoms with Gasteiger partial charge in [-0.05, 0) is 206 Å². The second-order valence-corrected chi connectivity index (χ2v) is 21.4. The number of hydrogen-bond donors (Lipinski definition) is 6. The molecule has 0 radical (unpaired) electrons. The predicted octanol–water partition coefficient (Wildman–Crippen LogP) is 19.2. The lowest BCUT2D eigenvalue weighted by Gasteiger charge is -2.29. The molecule has 6 nitrogen and oxygen atoms in total. The largest absolute Gasteiger partial charge is 0.399 e. The number of nitrogens with two attached hydrogens (primary N) is 6. The highest BCUT2D eigenvalue weighted by atomic mass is 14.6. The Bertz CT molecular complexity index is 3660. The van der Waals surface area contributed by atoms with E-state index in [1.54, 1.807) is 0 Å². The molecule has 84 heavy (non-hydrogen) atoms. The van der Waals surface area contributed by atoms with Crippen LogP contribution in [0.15, 0.2) is 291 Å². The van der Waals surface area contributed by atoms with Gasteiger partial charge in [0.1, 0.15) is 0 Å². The molecule has 0 bridgehead atoms. The van der Waals surface area contributed by atoms with E-state index in [1.165, 1.54) is 0 Å². The first kappa shape index (κ1) is 52.1. The van der Waals surface area contributed by atoms with E-state index in [-0.39, 0.29) is 0 Å². The van der Waals surface area contributed by atoms with Crippen molar-refractivity contribution in [2.24, 2.45) is 0 Å². The van der Waals surface area contributed by atoms with Crippen molar-refractivity contribution in [3.05, 3.63) is 291 Å². The molecule has 12 N–H and O–H groups in total. The van der Waals surface area contributed by atoms with E-state index in [1.807, 2.05) is 72.8 Å². The molecule has 0 saturated carbocycles. The molecule has 0 saturated heterocycles. The van der Waals surface area contributed by atoms with Crippen LogP contribution in [0.1, 0.15) is 0 Å². The molecule has 0 heterocycles. The molecule has 0 amide bonds. The van der Waals surface area contributed by atoms with E-state index in [0.29, 0.717) is 0 Å². The van der Waals surface area contributed by atoms with Gasteiger partial charge in [0, 0.05) is 34.1 Å². The van der Waals surface area contributed by atoms with Crippen molar-refractivity contribution in [3.8, 4) is 134 Å². The maximum absolute atomic E-state index is 6.23. The van der Waals surface area contributed by atoms with Crippen LogP contribution in [0.4, 0.5) is 34.1 Å². The van der Waals surface area contributed by atoms with Crippen molar-refractivity contribution in [2.75, 3.05) is 34.4 Å². The first-order valence-electron chi connectivity index (χ1n) is 28.1. The number of hydrogen-bond acceptors (Lipinski definition) is 6. The summed E-state index contributed by atoms with van der Waals surface area (Å²) in [6.45, 7) is 0. The standard InChI is InChI=1S/C78H60N6/c79-67-37-25-55(26-38-67)49-1-13-61(14-2-49)73-74(62-15-3-50(4-16-62)56-27-39-68(80)40-28-56)76(64-19-7-52(8-20-64)58-31-43-70(82)44-32-58)78(66-23-11-54(12-24-66)60-35-47-72(84)48-36-60)77(65-21-9-53(10-22-65)59-33-45-71(83)46-34-59)75(73)63-17-5-51(6-18-63)57-29-41-69(81)42-30-57/h1-48H,79-84H2. The van der Waals surface area contributed by atoms with Crippen LogP contribution in [0.5, 0.6) is 0 Å². The summed E-state index contributed by atoms with van der Waals surface area (Å²) in [4.78, 5) is 0. The fourth-order valence-electron chi connectivity index (χ4n) is 11.5. The molecule has 13 rings (SSSR count). The molecule has 0 fully saturated rings. The van der Waals surface area contributed by atoms with Gasteiger partial charge >= 0.3 is 0 Å². The molecular formula is C78H60N6. The highest BCUT2D eigenvalue weighted by Gasteiger charge is 2.30. The average Bonchev–Trinajstić information content (AvgIpc) is 1.19. The second kappa shape index (κ2) is 22.3. The maximum Gasteiger partial charge on any atom is 0.0314 e. The summed E-state index contributed by atoms with van der Waals surface area (Å²) in [7, 11) is 0. The van der Waals surface area contributed by atoms with Gasteiger partial charge in [-0.15, -0.1) is 0 Å². The van der Waals surface area contributed by atoms with Crippen molar-refractivity contribution in [2.45, 2.75) is 0 Å². The third-order valence-electron chi connectivity index (χ3n) is 16.0. The van der Waals surface area contributed by atoms with E-state index < -0.39 is 0 Å². The van der Waals surface area contributed by atoms with Gasteiger partial charge in [0.25, 0.3) is 0 Å². The zero-order chi connectivity index (χ0) is 57.3. The zero-order valence-corrected chi connectivity index (χ0v) is 46.2. The molecule has 13 aromatic rings. The van der Waals surface area contributed by atoms with E-state index in [9.17, 15) is 0 Å². The Hall–Kier alpha value is -11.3. The molecule has 0 aliphatic heterocycles. The van der Waals surface area contributed by atoms with Crippen LogP contribution >= 0.6 is 0 Å². The van der Waals surface area contributed by atoms with Gasteiger partial charge in [0.05, 0.1) is 0 Å². The molecule has 0 atom stereocenters. The van der Waals surface area contributed by atoms with Crippen LogP contribution in [0, 0.1) is 0 Å². The molecule has 0 aliphatic carbocycles. The minimum absolute atomic E-state index is 0.720. The minimum atomic E-state index is 0.720. The first-order valence-corrected chi connectivity index (χ1v) is 28.1. The van der Waals surface area contributed by atoms with Gasteiger partial charge < -0.3 is 34.4 Å². The van der Waals surface area contributed by atoms with Crippen LogP contribution in [-0.2, 0) is 0 Å². The third kappa shape index (κ3) is 10.5. The second-order valence-electron chi connectivity index (χ2n) is 21.4. The van der Waals surface area contributed by atoms with Gasteiger partial charge in [-0.2, -0.15) is 0 Å². The van der Waals surface area contributed by atoms with Gasteiger partial charge in [0.2, 0.25) is 0 Å². The summed E-state index contributed by atoms with van der Waals surface area (Å²) in [5, 5.41) is 0. The lowest BCUT2D eigenvalue weighted by Crippen LogP contribution is -2.02. The molecule has 0 unspecified atom stereocenters. The summed E-state index contributed by atoms with van der Waals surface area (Å²) < 4.78 is 0. The fraction of sp³-hybridized carbons (Fsp3) is 0. The minimum Gasteiger partial charge on any atom is -0.399 e. The van der Waals surface area contributed by atoms with Gasteiger partial charge in [-0.1, -0.05) is 218 Å². The number of benzene rings is 13. The Morgan fingerprint density at radius 3 is 0.262 bits per heavy atom. The summed E-state index contributed by atoms with van der Waals surface area (Å²) in [6, 6.07) is 103. The van der Waals surface area contributed by atoms with Crippen molar-refractivity contribution in [3.63, 3.8) is 0 Å². The molecular weight excluding hydrogens is 1020 g/mol. The van der Waals surface area contributed by atoms with Crippen LogP contribution in [0.3, 0.4) is 0 Å². The van der Waals surface area contributed by atoms with Crippen LogP contribution in [-0.4, -0.2) is 0 Å². The van der Waals surface area contributed by atoms with E-state index >= 15 is 0 Å². The maximum atomic E-state index is 6.23. The molecule has 0 spiro atoms. The number of nitrogen functional groups attached to an aromatic ring is 6. The van der Waals surface area contributed by atoms with E-state index in [4.69, 9.17) is 34.4 Å². The SMILES string of the molecule is Nc1ccc(-c2ccc(-c3c(-c4ccc(-c5ccc(N)cc5)cc4)c(-c4ccc(-c5ccc(N)cc5)cc4)c(-c4ccc(-c5ccc(N)cc5)cc4)c(-c4ccc(-c5ccc(N)cc5)cc4)c3-c3ccc(-c4ccc(N)cc4)cc3)cc2)cc1. The summed E-state index contributed by atoms with van der Waals surface area (Å²) >= 11 is 0. The van der Waals surface area contributed by atoms with Gasteiger partial charge in [0.15, 0.2) is 0 Å². The average molecular weight is 1080 g/mol. The highest BCUT2D eigenvalue weighted by molar-refractivity contribution is 6.15. The summed E-state index contributed by atoms with van der Waals surface area (Å²) in [5.41, 5.74) is 67.4. The van der Waals surface area contributed by atoms with E-state index in [2.05, 4.69) is 218 Å². The van der Waals surface area contributed by atoms with Gasteiger partial charge in [-0.25, -0.2) is 0 Å². The quantitative estimate of drug-likeness (QED) is 0.0669. The van der Waals surface area contributed by atoms with E-state index in [0.717, 1.165) is 168 Å². The van der Waals surface area contributed by atoms with Crippen LogP contribution in [0.2, 0.25) is 0 Å². The van der Waals surface area contributed by atoms with Gasteiger partial charge in [-0.3, -0.25) is 0 Å². The first-order chi connectivity index (χ1) is 41.1. The fourth-order valence-corrected chi connectivity index (χ4v) is 11.5. The summed E-state index contributed by atoms with van der Waals surface area (Å²) in [5.74, 6) is 0. The Balaban J connectivity index is 1.17. The number of rotatable bonds is 12. The van der Waals surface area contributed by atoms with Crippen molar-refractivity contribution in [1.82, 2.24) is 0 Å². The lowest BCUT2D eigenvalue weighted by molar-refractivity contribution is 1.50. The summed E-state index contributed by atoms with van der Waals surface area (Å²) in [6.07, 6.45) is 0. The van der Waals surface area contributed by atoms with Crippen molar-refractivity contribution < 1.29 is 0 Å². The number of anilines is 6. The lowest BCUT2D eigenvalue weighted by atomic mass is 9.73. The molecule has 0 aromatic heterocycles. The third-order valence-corrected chi connectivity index (χ3v) is 16.0. The molecule has 0 aliphatic rings. The highest BCUT2D eigenvalue weighted by Crippen LogP contribution is 2.57. The monoisotopic (exact) mass is 1080 g/mol.